The molecule has 0 saturated heterocycles. The quantitative estimate of drug-likeness (QED) is 0.351. The first-order valence-electron chi connectivity index (χ1n) is 6.38. The van der Waals surface area contributed by atoms with Crippen molar-refractivity contribution in [3.8, 4) is 5.75 Å². The van der Waals surface area contributed by atoms with E-state index in [0.29, 0.717) is 8.90 Å². The van der Waals surface area contributed by atoms with Gasteiger partial charge in [-0.25, -0.2) is 4.57 Å². The van der Waals surface area contributed by atoms with Gasteiger partial charge in [-0.3, -0.25) is 0 Å². The average molecular weight is 366 g/mol. The van der Waals surface area contributed by atoms with Crippen LogP contribution in [0.1, 0.15) is 0 Å². The molecule has 0 saturated carbocycles. The van der Waals surface area contributed by atoms with Gasteiger partial charge in [-0.1, -0.05) is 37.1 Å². The summed E-state index contributed by atoms with van der Waals surface area (Å²) in [4.78, 5) is 26.5. The number of hydrogen-bond acceptors (Lipinski definition) is 10. The van der Waals surface area contributed by atoms with Gasteiger partial charge in [0.2, 0.25) is 12.7 Å². The molecule has 25 heavy (non-hydrogen) atoms. The van der Waals surface area contributed by atoms with E-state index in [2.05, 4.69) is 20.2 Å². The van der Waals surface area contributed by atoms with Crippen molar-refractivity contribution < 1.29 is 18.9 Å². The number of rotatable bonds is 6. The lowest BCUT2D eigenvalue weighted by atomic mass is 10.3. The van der Waals surface area contributed by atoms with Gasteiger partial charge in [0, 0.05) is 10.2 Å². The number of aromatic nitrogens is 6. The zero-order chi connectivity index (χ0) is 18.0. The fraction of sp³-hybridized carbons (Fsp3) is 0. The average Bonchev–Trinajstić information content (AvgIpc) is 3.26. The maximum atomic E-state index is 13.3. The van der Waals surface area contributed by atoms with Gasteiger partial charge in [-0.2, -0.15) is 0 Å². The SMILES string of the molecule is O=[N+]([O-])c1ncn(P(=O)(Oc2ccccc2)n2cnc([N+](=O)[O-])n2)n1. The largest absolute Gasteiger partial charge is 0.518 e. The lowest BCUT2D eigenvalue weighted by molar-refractivity contribution is -0.394. The van der Waals surface area contributed by atoms with Crippen LogP contribution in [0.25, 0.3) is 0 Å². The fourth-order valence-electron chi connectivity index (χ4n) is 1.70. The molecule has 15 heteroatoms. The Balaban J connectivity index is 2.10. The van der Waals surface area contributed by atoms with Crippen LogP contribution >= 0.6 is 7.67 Å². The topological polar surface area (TPSA) is 174 Å². The van der Waals surface area contributed by atoms with Crippen LogP contribution in [0.4, 0.5) is 11.9 Å². The Kier molecular flexibility index (Phi) is 3.94. The lowest BCUT2D eigenvalue weighted by Gasteiger charge is -2.13. The van der Waals surface area contributed by atoms with Crippen LogP contribution in [0.5, 0.6) is 5.75 Å². The summed E-state index contributed by atoms with van der Waals surface area (Å²) in [7, 11) is -4.31. The fourth-order valence-corrected chi connectivity index (χ4v) is 3.20. The summed E-state index contributed by atoms with van der Waals surface area (Å²) in [6.07, 6.45) is 1.60. The first-order chi connectivity index (χ1) is 11.9. The summed E-state index contributed by atoms with van der Waals surface area (Å²) in [5.74, 6) is -1.54. The summed E-state index contributed by atoms with van der Waals surface area (Å²) in [5.41, 5.74) is 0. The summed E-state index contributed by atoms with van der Waals surface area (Å²) >= 11 is 0. The second-order valence-electron chi connectivity index (χ2n) is 4.34. The van der Waals surface area contributed by atoms with Crippen molar-refractivity contribution in [2.75, 3.05) is 0 Å². The third-order valence-corrected chi connectivity index (χ3v) is 4.62. The van der Waals surface area contributed by atoms with Gasteiger partial charge in [0.25, 0.3) is 0 Å². The van der Waals surface area contributed by atoms with Gasteiger partial charge in [-0.15, -0.1) is 0 Å². The van der Waals surface area contributed by atoms with Crippen molar-refractivity contribution in [2.24, 2.45) is 0 Å². The highest BCUT2D eigenvalue weighted by molar-refractivity contribution is 7.55. The van der Waals surface area contributed by atoms with Crippen molar-refractivity contribution in [2.45, 2.75) is 0 Å². The van der Waals surface area contributed by atoms with E-state index in [9.17, 15) is 24.8 Å². The van der Waals surface area contributed by atoms with Gasteiger partial charge in [-0.05, 0) is 22.0 Å². The molecule has 0 fully saturated rings. The van der Waals surface area contributed by atoms with E-state index in [1.807, 2.05) is 0 Å². The van der Waals surface area contributed by atoms with E-state index < -0.39 is 29.4 Å². The molecule has 0 bridgehead atoms. The van der Waals surface area contributed by atoms with Crippen LogP contribution in [-0.4, -0.2) is 38.9 Å². The van der Waals surface area contributed by atoms with Gasteiger partial charge in [0.05, 0.1) is 0 Å². The van der Waals surface area contributed by atoms with Crippen molar-refractivity contribution >= 4 is 19.6 Å². The molecular formula is C10H7N8O6P. The number of para-hydroxylation sites is 1. The number of nitrogens with zero attached hydrogens (tertiary/aromatic N) is 8. The smallest absolute Gasteiger partial charge is 0.410 e. The third kappa shape index (κ3) is 3.05. The van der Waals surface area contributed by atoms with E-state index in [-0.39, 0.29) is 5.75 Å². The van der Waals surface area contributed by atoms with Crippen molar-refractivity contribution in [1.82, 2.24) is 29.1 Å². The van der Waals surface area contributed by atoms with Crippen LogP contribution in [0.3, 0.4) is 0 Å². The predicted octanol–water partition coefficient (Wildman–Crippen LogP) is 1.27. The minimum absolute atomic E-state index is 0.113. The third-order valence-electron chi connectivity index (χ3n) is 2.75. The molecule has 3 aromatic rings. The zero-order valence-electron chi connectivity index (χ0n) is 12.0. The highest BCUT2D eigenvalue weighted by Crippen LogP contribution is 2.48. The minimum atomic E-state index is -4.31. The molecule has 14 nitrogen and oxygen atoms in total. The molecule has 2 aromatic heterocycles. The lowest BCUT2D eigenvalue weighted by Crippen LogP contribution is -2.13. The normalized spacial score (nSPS) is 11.2. The predicted molar refractivity (Wildman–Crippen MR) is 78.8 cm³/mol. The Morgan fingerprint density at radius 2 is 1.40 bits per heavy atom. The highest BCUT2D eigenvalue weighted by atomic mass is 31.2. The Hall–Kier alpha value is -3.67. The molecule has 0 aliphatic rings. The van der Waals surface area contributed by atoms with E-state index in [1.165, 1.54) is 12.1 Å². The van der Waals surface area contributed by atoms with Gasteiger partial charge < -0.3 is 24.8 Å². The molecule has 2 heterocycles. The summed E-state index contributed by atoms with van der Waals surface area (Å²) < 4.78 is 19.9. The molecule has 1 aromatic carbocycles. The molecule has 0 unspecified atom stereocenters. The summed E-state index contributed by atoms with van der Waals surface area (Å²) in [5, 5.41) is 28.4. The van der Waals surface area contributed by atoms with E-state index in [4.69, 9.17) is 4.52 Å². The number of benzene rings is 1. The summed E-state index contributed by atoms with van der Waals surface area (Å²) in [6.45, 7) is 0. The van der Waals surface area contributed by atoms with Gasteiger partial charge in [0.15, 0.2) is 0 Å². The van der Waals surface area contributed by atoms with E-state index >= 15 is 0 Å². The molecule has 0 N–H and O–H groups in total. The molecule has 0 radical (unpaired) electrons. The molecule has 128 valence electrons. The number of hydrogen-bond donors (Lipinski definition) is 0. The first-order valence-corrected chi connectivity index (χ1v) is 7.91. The Labute approximate surface area is 137 Å². The Morgan fingerprint density at radius 1 is 0.920 bits per heavy atom. The standard InChI is InChI=1S/C10H7N8O6P/c19-17(20)9-11-6-15(13-9)25(23,24-8-4-2-1-3-5-8)16-7-12-10(14-16)18(21)22/h1-7H. The van der Waals surface area contributed by atoms with Crippen molar-refractivity contribution in [3.63, 3.8) is 0 Å². The van der Waals surface area contributed by atoms with Crippen LogP contribution in [0, 0.1) is 20.2 Å². The van der Waals surface area contributed by atoms with Crippen LogP contribution in [0.15, 0.2) is 43.0 Å². The maximum Gasteiger partial charge on any atom is 0.518 e. The van der Waals surface area contributed by atoms with Crippen LogP contribution in [0.2, 0.25) is 0 Å². The molecule has 0 atom stereocenters. The zero-order valence-corrected chi connectivity index (χ0v) is 12.9. The maximum absolute atomic E-state index is 13.3. The highest BCUT2D eigenvalue weighted by Gasteiger charge is 2.41. The molecule has 0 spiro atoms. The monoisotopic (exact) mass is 366 g/mol. The molecule has 0 aliphatic heterocycles. The Morgan fingerprint density at radius 3 is 1.80 bits per heavy atom. The first kappa shape index (κ1) is 16.2. The minimum Gasteiger partial charge on any atom is -0.410 e. The molecule has 0 amide bonds. The van der Waals surface area contributed by atoms with Gasteiger partial charge >= 0.3 is 19.6 Å². The van der Waals surface area contributed by atoms with Crippen LogP contribution < -0.4 is 4.52 Å². The van der Waals surface area contributed by atoms with E-state index in [1.54, 1.807) is 18.2 Å². The molecular weight excluding hydrogens is 359 g/mol. The van der Waals surface area contributed by atoms with Crippen molar-refractivity contribution in [3.05, 3.63) is 63.2 Å². The Bertz CT molecular complexity index is 928. The van der Waals surface area contributed by atoms with Crippen molar-refractivity contribution in [1.29, 1.82) is 0 Å². The van der Waals surface area contributed by atoms with E-state index in [0.717, 1.165) is 12.7 Å². The second-order valence-corrected chi connectivity index (χ2v) is 6.32. The van der Waals surface area contributed by atoms with Gasteiger partial charge in [0.1, 0.15) is 5.75 Å². The summed E-state index contributed by atoms with van der Waals surface area (Å²) in [6, 6.07) is 7.78. The number of nitro groups is 2. The van der Waals surface area contributed by atoms with Crippen LogP contribution in [-0.2, 0) is 4.57 Å². The second kappa shape index (κ2) is 6.09. The molecule has 3 rings (SSSR count). The molecule has 0 aliphatic carbocycles.